The molecule has 0 radical (unpaired) electrons. The summed E-state index contributed by atoms with van der Waals surface area (Å²) in [6.07, 6.45) is 5.80. The SMILES string of the molecule is COC1CCC(NC(=O)C2CCC(C(=O)O)CC2)C1. The number of hydrogen-bond donors (Lipinski definition) is 2. The van der Waals surface area contributed by atoms with Crippen LogP contribution in [0.3, 0.4) is 0 Å². The molecule has 0 spiro atoms. The maximum atomic E-state index is 12.1. The van der Waals surface area contributed by atoms with Gasteiger partial charge in [-0.1, -0.05) is 0 Å². The average Bonchev–Trinajstić information content (AvgIpc) is 2.86. The maximum absolute atomic E-state index is 12.1. The van der Waals surface area contributed by atoms with Crippen molar-refractivity contribution in [2.75, 3.05) is 7.11 Å². The molecule has 0 aromatic heterocycles. The van der Waals surface area contributed by atoms with Crippen molar-refractivity contribution >= 4 is 11.9 Å². The highest BCUT2D eigenvalue weighted by molar-refractivity contribution is 5.79. The Bertz CT molecular complexity index is 336. The fourth-order valence-electron chi connectivity index (χ4n) is 3.21. The first-order valence-corrected chi connectivity index (χ1v) is 7.16. The molecule has 0 heterocycles. The van der Waals surface area contributed by atoms with E-state index in [0.29, 0.717) is 25.7 Å². The van der Waals surface area contributed by atoms with Crippen LogP contribution >= 0.6 is 0 Å². The van der Waals surface area contributed by atoms with E-state index in [0.717, 1.165) is 19.3 Å². The number of aliphatic carboxylic acids is 1. The first kappa shape index (κ1) is 14.3. The van der Waals surface area contributed by atoms with Crippen molar-refractivity contribution in [3.63, 3.8) is 0 Å². The van der Waals surface area contributed by atoms with E-state index in [1.54, 1.807) is 7.11 Å². The second-order valence-corrected chi connectivity index (χ2v) is 5.76. The third kappa shape index (κ3) is 3.69. The Balaban J connectivity index is 1.74. The number of ether oxygens (including phenoxy) is 1. The van der Waals surface area contributed by atoms with Gasteiger partial charge in [-0.15, -0.1) is 0 Å². The number of carboxylic acids is 1. The molecule has 0 bridgehead atoms. The first-order chi connectivity index (χ1) is 9.10. The third-order valence-electron chi connectivity index (χ3n) is 4.51. The van der Waals surface area contributed by atoms with Crippen molar-refractivity contribution in [3.05, 3.63) is 0 Å². The summed E-state index contributed by atoms with van der Waals surface area (Å²) in [6, 6.07) is 0.231. The van der Waals surface area contributed by atoms with E-state index < -0.39 is 5.97 Å². The summed E-state index contributed by atoms with van der Waals surface area (Å²) < 4.78 is 5.29. The lowest BCUT2D eigenvalue weighted by Gasteiger charge is -2.26. The van der Waals surface area contributed by atoms with Gasteiger partial charge in [0.15, 0.2) is 0 Å². The molecule has 2 N–H and O–H groups in total. The van der Waals surface area contributed by atoms with Crippen molar-refractivity contribution in [1.82, 2.24) is 5.32 Å². The van der Waals surface area contributed by atoms with E-state index in [9.17, 15) is 9.59 Å². The normalized spacial score (nSPS) is 35.0. The minimum Gasteiger partial charge on any atom is -0.481 e. The summed E-state index contributed by atoms with van der Waals surface area (Å²) in [6.45, 7) is 0. The molecule has 5 heteroatoms. The van der Waals surface area contributed by atoms with Crippen LogP contribution in [-0.2, 0) is 14.3 Å². The summed E-state index contributed by atoms with van der Waals surface area (Å²) in [7, 11) is 1.71. The molecule has 0 aromatic carbocycles. The topological polar surface area (TPSA) is 75.6 Å². The van der Waals surface area contributed by atoms with E-state index in [-0.39, 0.29) is 29.9 Å². The zero-order valence-electron chi connectivity index (χ0n) is 11.4. The summed E-state index contributed by atoms with van der Waals surface area (Å²) in [5, 5.41) is 12.0. The molecule has 2 rings (SSSR count). The maximum Gasteiger partial charge on any atom is 0.306 e. The highest BCUT2D eigenvalue weighted by Gasteiger charge is 2.32. The van der Waals surface area contributed by atoms with Crippen LogP contribution in [0.25, 0.3) is 0 Å². The summed E-state index contributed by atoms with van der Waals surface area (Å²) >= 11 is 0. The zero-order chi connectivity index (χ0) is 13.8. The van der Waals surface area contributed by atoms with E-state index in [1.165, 1.54) is 0 Å². The van der Waals surface area contributed by atoms with Crippen LogP contribution in [0.5, 0.6) is 0 Å². The molecule has 2 fully saturated rings. The number of carbonyl (C=O) groups excluding carboxylic acids is 1. The van der Waals surface area contributed by atoms with Gasteiger partial charge in [0, 0.05) is 19.1 Å². The molecular weight excluding hydrogens is 246 g/mol. The molecule has 2 aliphatic rings. The lowest BCUT2D eigenvalue weighted by Crippen LogP contribution is -2.39. The predicted octanol–water partition coefficient (Wildman–Crippen LogP) is 1.56. The van der Waals surface area contributed by atoms with Gasteiger partial charge < -0.3 is 15.2 Å². The monoisotopic (exact) mass is 269 g/mol. The van der Waals surface area contributed by atoms with E-state index in [1.807, 2.05) is 0 Å². The van der Waals surface area contributed by atoms with Gasteiger partial charge in [0.2, 0.25) is 5.91 Å². The average molecular weight is 269 g/mol. The summed E-state index contributed by atoms with van der Waals surface area (Å²) in [5.74, 6) is -0.881. The molecule has 2 aliphatic carbocycles. The summed E-state index contributed by atoms with van der Waals surface area (Å²) in [5.41, 5.74) is 0. The Labute approximate surface area is 113 Å². The molecule has 2 saturated carbocycles. The van der Waals surface area contributed by atoms with Gasteiger partial charge in [0.1, 0.15) is 0 Å². The van der Waals surface area contributed by atoms with Crippen LogP contribution in [0.1, 0.15) is 44.9 Å². The van der Waals surface area contributed by atoms with E-state index in [2.05, 4.69) is 5.32 Å². The predicted molar refractivity (Wildman–Crippen MR) is 69.7 cm³/mol. The molecule has 2 atom stereocenters. The van der Waals surface area contributed by atoms with Crippen LogP contribution in [0.2, 0.25) is 0 Å². The number of hydrogen-bond acceptors (Lipinski definition) is 3. The van der Waals surface area contributed by atoms with Crippen molar-refractivity contribution in [2.45, 2.75) is 57.1 Å². The van der Waals surface area contributed by atoms with E-state index in [4.69, 9.17) is 9.84 Å². The fraction of sp³-hybridized carbons (Fsp3) is 0.857. The number of rotatable bonds is 4. The number of methoxy groups -OCH3 is 1. The van der Waals surface area contributed by atoms with Gasteiger partial charge in [-0.25, -0.2) is 0 Å². The van der Waals surface area contributed by atoms with Crippen molar-refractivity contribution < 1.29 is 19.4 Å². The first-order valence-electron chi connectivity index (χ1n) is 7.16. The third-order valence-corrected chi connectivity index (χ3v) is 4.51. The Kier molecular flexibility index (Phi) is 4.80. The lowest BCUT2D eigenvalue weighted by molar-refractivity contribution is -0.144. The minimum absolute atomic E-state index is 0.00260. The zero-order valence-corrected chi connectivity index (χ0v) is 11.4. The Morgan fingerprint density at radius 2 is 1.68 bits per heavy atom. The second kappa shape index (κ2) is 6.37. The van der Waals surface area contributed by atoms with Gasteiger partial charge in [0.25, 0.3) is 0 Å². The van der Waals surface area contributed by atoms with Crippen molar-refractivity contribution in [1.29, 1.82) is 0 Å². The smallest absolute Gasteiger partial charge is 0.306 e. The Hall–Kier alpha value is -1.10. The highest BCUT2D eigenvalue weighted by Crippen LogP contribution is 2.30. The molecular formula is C14H23NO4. The standard InChI is InChI=1S/C14H23NO4/c1-19-12-7-6-11(8-12)15-13(16)9-2-4-10(5-3-9)14(17)18/h9-12H,2-8H2,1H3,(H,15,16)(H,17,18). The van der Waals surface area contributed by atoms with Gasteiger partial charge >= 0.3 is 5.97 Å². The molecule has 0 aliphatic heterocycles. The number of nitrogens with one attached hydrogen (secondary N) is 1. The van der Waals surface area contributed by atoms with Crippen LogP contribution < -0.4 is 5.32 Å². The summed E-state index contributed by atoms with van der Waals surface area (Å²) in [4.78, 5) is 23.0. The van der Waals surface area contributed by atoms with Crippen LogP contribution in [0, 0.1) is 11.8 Å². The molecule has 108 valence electrons. The van der Waals surface area contributed by atoms with Crippen LogP contribution in [0.4, 0.5) is 0 Å². The second-order valence-electron chi connectivity index (χ2n) is 5.76. The molecule has 0 saturated heterocycles. The quantitative estimate of drug-likeness (QED) is 0.812. The molecule has 0 aromatic rings. The highest BCUT2D eigenvalue weighted by atomic mass is 16.5. The fourth-order valence-corrected chi connectivity index (χ4v) is 3.21. The van der Waals surface area contributed by atoms with Crippen LogP contribution in [-0.4, -0.2) is 36.2 Å². The van der Waals surface area contributed by atoms with Gasteiger partial charge in [0.05, 0.1) is 12.0 Å². The van der Waals surface area contributed by atoms with E-state index >= 15 is 0 Å². The Morgan fingerprint density at radius 3 is 2.21 bits per heavy atom. The number of carboxylic acid groups (broad SMARTS) is 1. The van der Waals surface area contributed by atoms with Crippen molar-refractivity contribution in [3.8, 4) is 0 Å². The minimum atomic E-state index is -0.724. The number of amides is 1. The molecule has 5 nitrogen and oxygen atoms in total. The molecule has 2 unspecified atom stereocenters. The van der Waals surface area contributed by atoms with Gasteiger partial charge in [-0.05, 0) is 44.9 Å². The lowest BCUT2D eigenvalue weighted by atomic mass is 9.81. The molecule has 1 amide bonds. The largest absolute Gasteiger partial charge is 0.481 e. The van der Waals surface area contributed by atoms with Crippen LogP contribution in [0.15, 0.2) is 0 Å². The van der Waals surface area contributed by atoms with Gasteiger partial charge in [-0.2, -0.15) is 0 Å². The van der Waals surface area contributed by atoms with Crippen molar-refractivity contribution in [2.24, 2.45) is 11.8 Å². The molecule has 19 heavy (non-hydrogen) atoms. The number of carbonyl (C=O) groups is 2. The van der Waals surface area contributed by atoms with Gasteiger partial charge in [-0.3, -0.25) is 9.59 Å². The Morgan fingerprint density at radius 1 is 1.05 bits per heavy atom.